The van der Waals surface area contributed by atoms with Crippen molar-refractivity contribution in [1.29, 1.82) is 0 Å². The minimum Gasteiger partial charge on any atom is -0.355 e. The Hall–Kier alpha value is -1.92. The van der Waals surface area contributed by atoms with Crippen LogP contribution in [0.3, 0.4) is 0 Å². The van der Waals surface area contributed by atoms with Gasteiger partial charge in [0, 0.05) is 12.6 Å². The van der Waals surface area contributed by atoms with Gasteiger partial charge in [-0.15, -0.1) is 11.3 Å². The number of thiophene rings is 2. The van der Waals surface area contributed by atoms with E-state index in [1.165, 1.54) is 0 Å². The topological polar surface area (TPSA) is 46.3 Å². The quantitative estimate of drug-likeness (QED) is 0.636. The Morgan fingerprint density at radius 3 is 3.04 bits per heavy atom. The highest BCUT2D eigenvalue weighted by Crippen LogP contribution is 2.33. The number of rotatable bonds is 4. The van der Waals surface area contributed by atoms with Crippen LogP contribution in [0.1, 0.15) is 43.0 Å². The van der Waals surface area contributed by atoms with Gasteiger partial charge in [-0.1, -0.05) is 24.1 Å². The van der Waals surface area contributed by atoms with Gasteiger partial charge < -0.3 is 9.42 Å². The number of carbonyl (C=O) groups excluding carboxylic acids is 1. The van der Waals surface area contributed by atoms with Crippen molar-refractivity contribution in [2.75, 3.05) is 6.54 Å². The summed E-state index contributed by atoms with van der Waals surface area (Å²) in [4.78, 5) is 16.0. The Kier molecular flexibility index (Phi) is 4.99. The second-order valence-electron chi connectivity index (χ2n) is 6.35. The third kappa shape index (κ3) is 3.70. The lowest BCUT2D eigenvalue weighted by molar-refractivity contribution is -0.133. The van der Waals surface area contributed by atoms with Crippen LogP contribution >= 0.6 is 22.7 Å². The van der Waals surface area contributed by atoms with Crippen molar-refractivity contribution in [2.45, 2.75) is 38.1 Å². The molecule has 0 aliphatic carbocycles. The molecule has 0 unspecified atom stereocenters. The van der Waals surface area contributed by atoms with E-state index in [0.29, 0.717) is 6.42 Å². The molecule has 1 saturated heterocycles. The number of hydrogen-bond donors (Lipinski definition) is 0. The molecule has 1 amide bonds. The molecule has 0 bridgehead atoms. The number of nitrogens with zero attached hydrogens (tertiary/aromatic N) is 2. The maximum Gasteiger partial charge on any atom is 0.227 e. The van der Waals surface area contributed by atoms with Gasteiger partial charge in [-0.05, 0) is 46.7 Å². The van der Waals surface area contributed by atoms with Gasteiger partial charge in [0.05, 0.1) is 17.3 Å². The van der Waals surface area contributed by atoms with E-state index in [-0.39, 0.29) is 11.9 Å². The Balaban J connectivity index is 1.57. The largest absolute Gasteiger partial charge is 0.355 e. The van der Waals surface area contributed by atoms with Crippen molar-refractivity contribution in [1.82, 2.24) is 10.1 Å². The van der Waals surface area contributed by atoms with Gasteiger partial charge in [0.2, 0.25) is 5.91 Å². The molecule has 6 heteroatoms. The lowest BCUT2D eigenvalue weighted by Gasteiger charge is -2.28. The van der Waals surface area contributed by atoms with Crippen LogP contribution in [-0.2, 0) is 11.2 Å². The van der Waals surface area contributed by atoms with Gasteiger partial charge >= 0.3 is 0 Å². The first-order chi connectivity index (χ1) is 12.3. The lowest BCUT2D eigenvalue weighted by atomic mass is 10.1. The summed E-state index contributed by atoms with van der Waals surface area (Å²) < 4.78 is 5.56. The normalized spacial score (nSPS) is 18.2. The molecular weight excluding hydrogens is 352 g/mol. The van der Waals surface area contributed by atoms with Crippen molar-refractivity contribution < 1.29 is 9.32 Å². The molecule has 1 fully saturated rings. The molecule has 4 rings (SSSR count). The fourth-order valence-electron chi connectivity index (χ4n) is 3.36. The van der Waals surface area contributed by atoms with Crippen molar-refractivity contribution in [3.05, 3.63) is 51.7 Å². The van der Waals surface area contributed by atoms with E-state index in [1.807, 2.05) is 39.9 Å². The number of likely N-dealkylation sites (tertiary alicyclic amines) is 1. The Morgan fingerprint density at radius 2 is 2.24 bits per heavy atom. The fourth-order valence-corrected chi connectivity index (χ4v) is 4.71. The number of amides is 1. The van der Waals surface area contributed by atoms with Crippen LogP contribution < -0.4 is 0 Å². The molecule has 0 N–H and O–H groups in total. The molecule has 0 aromatic carbocycles. The van der Waals surface area contributed by atoms with Crippen molar-refractivity contribution in [3.8, 4) is 10.6 Å². The highest BCUT2D eigenvalue weighted by Gasteiger charge is 2.29. The van der Waals surface area contributed by atoms with E-state index >= 15 is 0 Å². The summed E-state index contributed by atoms with van der Waals surface area (Å²) in [6.07, 6.45) is 4.76. The van der Waals surface area contributed by atoms with Gasteiger partial charge in [-0.2, -0.15) is 11.3 Å². The average molecular weight is 373 g/mol. The zero-order valence-corrected chi connectivity index (χ0v) is 15.5. The summed E-state index contributed by atoms with van der Waals surface area (Å²) in [7, 11) is 0. The molecule has 3 aromatic heterocycles. The molecule has 0 spiro atoms. The average Bonchev–Trinajstić information content (AvgIpc) is 3.35. The first kappa shape index (κ1) is 16.5. The van der Waals surface area contributed by atoms with Crippen molar-refractivity contribution in [2.24, 2.45) is 0 Å². The van der Waals surface area contributed by atoms with Gasteiger partial charge in [0.1, 0.15) is 5.69 Å². The van der Waals surface area contributed by atoms with Gasteiger partial charge in [-0.3, -0.25) is 4.79 Å². The van der Waals surface area contributed by atoms with E-state index < -0.39 is 0 Å². The molecular formula is C19H20N2O2S2. The van der Waals surface area contributed by atoms with Crippen LogP contribution in [0.4, 0.5) is 0 Å². The van der Waals surface area contributed by atoms with Crippen molar-refractivity contribution in [3.63, 3.8) is 0 Å². The maximum atomic E-state index is 12.9. The summed E-state index contributed by atoms with van der Waals surface area (Å²) in [6, 6.07) is 8.09. The Morgan fingerprint density at radius 1 is 1.28 bits per heavy atom. The molecule has 0 saturated carbocycles. The maximum absolute atomic E-state index is 12.9. The van der Waals surface area contributed by atoms with E-state index in [9.17, 15) is 4.79 Å². The number of aromatic nitrogens is 1. The van der Waals surface area contributed by atoms with E-state index in [0.717, 1.165) is 54.1 Å². The molecule has 0 radical (unpaired) electrons. The highest BCUT2D eigenvalue weighted by molar-refractivity contribution is 7.13. The molecule has 1 aliphatic rings. The second-order valence-corrected chi connectivity index (χ2v) is 8.08. The first-order valence-corrected chi connectivity index (χ1v) is 10.4. The zero-order valence-electron chi connectivity index (χ0n) is 13.9. The first-order valence-electron chi connectivity index (χ1n) is 8.62. The van der Waals surface area contributed by atoms with Gasteiger partial charge in [0.25, 0.3) is 0 Å². The van der Waals surface area contributed by atoms with E-state index in [2.05, 4.69) is 10.5 Å². The SMILES string of the molecule is O=C(Cc1ccsc1)N1CCCCC[C@@H]1c1cc(-c2cccs2)on1. The van der Waals surface area contributed by atoms with Gasteiger partial charge in [0.15, 0.2) is 5.76 Å². The van der Waals surface area contributed by atoms with Crippen molar-refractivity contribution >= 4 is 28.6 Å². The smallest absolute Gasteiger partial charge is 0.227 e. The van der Waals surface area contributed by atoms with Gasteiger partial charge in [-0.25, -0.2) is 0 Å². The minimum absolute atomic E-state index is 0.0195. The third-order valence-corrected chi connectivity index (χ3v) is 6.26. The molecule has 130 valence electrons. The Bertz CT molecular complexity index is 808. The second kappa shape index (κ2) is 7.54. The monoisotopic (exact) mass is 372 g/mol. The predicted molar refractivity (Wildman–Crippen MR) is 101 cm³/mol. The molecule has 1 atom stereocenters. The summed E-state index contributed by atoms with van der Waals surface area (Å²) >= 11 is 3.27. The van der Waals surface area contributed by atoms with E-state index in [4.69, 9.17) is 4.52 Å². The van der Waals surface area contributed by atoms with Crippen LogP contribution in [0.5, 0.6) is 0 Å². The van der Waals surface area contributed by atoms with E-state index in [1.54, 1.807) is 22.7 Å². The summed E-state index contributed by atoms with van der Waals surface area (Å²) in [5.41, 5.74) is 1.97. The van der Waals surface area contributed by atoms with Crippen LogP contribution in [0, 0.1) is 0 Å². The highest BCUT2D eigenvalue weighted by atomic mass is 32.1. The summed E-state index contributed by atoms with van der Waals surface area (Å²) in [5.74, 6) is 0.977. The standard InChI is InChI=1S/C19H20N2O2S2/c22-19(11-14-7-10-24-13-14)21-8-3-1-2-5-16(21)15-12-17(23-20-15)18-6-4-9-25-18/h4,6-7,9-10,12-13,16H,1-3,5,8,11H2/t16-/m1/s1. The third-order valence-electron chi connectivity index (χ3n) is 4.64. The molecule has 1 aliphatic heterocycles. The summed E-state index contributed by atoms with van der Waals surface area (Å²) in [6.45, 7) is 0.800. The number of hydrogen-bond acceptors (Lipinski definition) is 5. The fraction of sp³-hybridized carbons (Fsp3) is 0.368. The zero-order chi connectivity index (χ0) is 17.1. The predicted octanol–water partition coefficient (Wildman–Crippen LogP) is 5.15. The minimum atomic E-state index is 0.0195. The van der Waals surface area contributed by atoms with Crippen LogP contribution in [0.2, 0.25) is 0 Å². The van der Waals surface area contributed by atoms with Crippen LogP contribution in [0.15, 0.2) is 44.9 Å². The molecule has 25 heavy (non-hydrogen) atoms. The number of carbonyl (C=O) groups is 1. The Labute approximate surface area is 155 Å². The van der Waals surface area contributed by atoms with Crippen LogP contribution in [0.25, 0.3) is 10.6 Å². The van der Waals surface area contributed by atoms with Crippen LogP contribution in [-0.4, -0.2) is 22.5 Å². The molecule has 3 aromatic rings. The molecule has 4 nitrogen and oxygen atoms in total. The lowest BCUT2D eigenvalue weighted by Crippen LogP contribution is -2.36. The summed E-state index contributed by atoms with van der Waals surface area (Å²) in [5, 5.41) is 10.4. The molecule has 4 heterocycles.